The molecule has 0 bridgehead atoms. The third-order valence-electron chi connectivity index (χ3n) is 2.63. The number of rotatable bonds is 9. The minimum absolute atomic E-state index is 0.225. The van der Waals surface area contributed by atoms with E-state index in [0.717, 1.165) is 13.1 Å². The van der Waals surface area contributed by atoms with E-state index in [9.17, 15) is 4.79 Å². The van der Waals surface area contributed by atoms with Gasteiger partial charge >= 0.3 is 0 Å². The Balaban J connectivity index is 2.39. The van der Waals surface area contributed by atoms with Gasteiger partial charge in [0.05, 0.1) is 18.2 Å². The summed E-state index contributed by atoms with van der Waals surface area (Å²) in [6.45, 7) is 5.07. The van der Waals surface area contributed by atoms with Gasteiger partial charge in [-0.3, -0.25) is 4.79 Å². The van der Waals surface area contributed by atoms with Crippen LogP contribution in [0.1, 0.15) is 17.4 Å². The zero-order chi connectivity index (χ0) is 15.7. The fraction of sp³-hybridized carbons (Fsp3) is 0.571. The second-order valence-electron chi connectivity index (χ2n) is 4.73. The van der Waals surface area contributed by atoms with Crippen LogP contribution in [0, 0.1) is 0 Å². The van der Waals surface area contributed by atoms with E-state index in [0.29, 0.717) is 30.6 Å². The predicted molar refractivity (Wildman–Crippen MR) is 85.1 cm³/mol. The topological polar surface area (TPSA) is 66.5 Å². The van der Waals surface area contributed by atoms with Crippen LogP contribution in [-0.4, -0.2) is 62.7 Å². The smallest absolute Gasteiger partial charge is 0.271 e. The molecule has 6 nitrogen and oxygen atoms in total. The number of nitrogens with zero attached hydrogens (tertiary/aromatic N) is 2. The fourth-order valence-electron chi connectivity index (χ4n) is 1.55. The monoisotopic (exact) mass is 314 g/mol. The van der Waals surface area contributed by atoms with Crippen LogP contribution >= 0.6 is 11.6 Å². The van der Waals surface area contributed by atoms with Gasteiger partial charge in [-0.15, -0.1) is 0 Å². The highest BCUT2D eigenvalue weighted by Gasteiger charge is 2.12. The van der Waals surface area contributed by atoms with Gasteiger partial charge in [-0.05, 0) is 33.2 Å². The van der Waals surface area contributed by atoms with Crippen molar-refractivity contribution >= 4 is 23.3 Å². The van der Waals surface area contributed by atoms with Crippen LogP contribution in [0.4, 0.5) is 5.82 Å². The van der Waals surface area contributed by atoms with E-state index >= 15 is 0 Å². The van der Waals surface area contributed by atoms with Crippen LogP contribution in [-0.2, 0) is 4.74 Å². The van der Waals surface area contributed by atoms with E-state index in [1.807, 2.05) is 25.9 Å². The lowest BCUT2D eigenvalue weighted by atomic mass is 10.3. The van der Waals surface area contributed by atoms with E-state index in [1.165, 1.54) is 0 Å². The van der Waals surface area contributed by atoms with E-state index in [1.54, 1.807) is 12.1 Å². The average molecular weight is 315 g/mol. The summed E-state index contributed by atoms with van der Waals surface area (Å²) >= 11 is 6.00. The largest absolute Gasteiger partial charge is 0.378 e. The number of amides is 1. The number of ether oxygens (including phenoxy) is 1. The molecule has 118 valence electrons. The van der Waals surface area contributed by atoms with E-state index in [2.05, 4.69) is 15.6 Å². The molecule has 0 atom stereocenters. The molecule has 0 radical (unpaired) electrons. The van der Waals surface area contributed by atoms with Crippen LogP contribution in [0.15, 0.2) is 12.1 Å². The highest BCUT2D eigenvalue weighted by molar-refractivity contribution is 6.33. The fourth-order valence-corrected chi connectivity index (χ4v) is 1.74. The summed E-state index contributed by atoms with van der Waals surface area (Å²) in [5.41, 5.74) is 0.225. The Bertz CT molecular complexity index is 455. The molecule has 0 aliphatic carbocycles. The molecule has 0 saturated carbocycles. The number of carbonyl (C=O) groups excluding carboxylic acids is 1. The first kappa shape index (κ1) is 17.7. The molecule has 0 unspecified atom stereocenters. The summed E-state index contributed by atoms with van der Waals surface area (Å²) in [7, 11) is 3.96. The Morgan fingerprint density at radius 3 is 2.81 bits per heavy atom. The second-order valence-corrected chi connectivity index (χ2v) is 5.14. The lowest BCUT2D eigenvalue weighted by Crippen LogP contribution is -2.29. The number of hydrogen-bond donors (Lipinski definition) is 2. The zero-order valence-corrected chi connectivity index (χ0v) is 13.5. The van der Waals surface area contributed by atoms with Gasteiger partial charge in [0.1, 0.15) is 11.5 Å². The third-order valence-corrected chi connectivity index (χ3v) is 2.94. The normalized spacial score (nSPS) is 10.7. The first-order chi connectivity index (χ1) is 10.0. The Morgan fingerprint density at radius 1 is 1.38 bits per heavy atom. The molecule has 0 aliphatic heterocycles. The van der Waals surface area contributed by atoms with Gasteiger partial charge in [-0.2, -0.15) is 0 Å². The van der Waals surface area contributed by atoms with Crippen molar-refractivity contribution in [3.05, 3.63) is 22.8 Å². The number of halogens is 1. The van der Waals surface area contributed by atoms with Gasteiger partial charge in [0.25, 0.3) is 5.91 Å². The Labute approximate surface area is 130 Å². The number of nitrogens with one attached hydrogen (secondary N) is 2. The molecule has 0 saturated heterocycles. The minimum Gasteiger partial charge on any atom is -0.378 e. The molecular weight excluding hydrogens is 292 g/mol. The van der Waals surface area contributed by atoms with Gasteiger partial charge < -0.3 is 20.3 Å². The van der Waals surface area contributed by atoms with Crippen molar-refractivity contribution in [3.8, 4) is 0 Å². The molecule has 0 aliphatic rings. The number of pyridine rings is 1. The molecule has 1 rings (SSSR count). The zero-order valence-electron chi connectivity index (χ0n) is 12.8. The molecule has 1 aromatic heterocycles. The summed E-state index contributed by atoms with van der Waals surface area (Å²) < 4.78 is 5.40. The van der Waals surface area contributed by atoms with Crippen molar-refractivity contribution < 1.29 is 9.53 Å². The van der Waals surface area contributed by atoms with Crippen molar-refractivity contribution in [1.29, 1.82) is 0 Å². The molecule has 2 N–H and O–H groups in total. The van der Waals surface area contributed by atoms with Gasteiger partial charge in [0.2, 0.25) is 0 Å². The van der Waals surface area contributed by atoms with Crippen molar-refractivity contribution in [3.63, 3.8) is 0 Å². The quantitative estimate of drug-likeness (QED) is 0.676. The Hall–Kier alpha value is -1.37. The SMILES string of the molecule is CCNc1ccc(Cl)c(C(=O)NCCOCCN(C)C)n1. The molecule has 1 aromatic rings. The predicted octanol–water partition coefficient (Wildman–Crippen LogP) is 1.47. The number of aromatic nitrogens is 1. The molecular formula is C14H23ClN4O2. The molecule has 0 aromatic carbocycles. The van der Waals surface area contributed by atoms with Crippen molar-refractivity contribution in [1.82, 2.24) is 15.2 Å². The summed E-state index contributed by atoms with van der Waals surface area (Å²) in [4.78, 5) is 18.2. The second kappa shape index (κ2) is 9.55. The lowest BCUT2D eigenvalue weighted by Gasteiger charge is -2.11. The number of carbonyl (C=O) groups is 1. The van der Waals surface area contributed by atoms with Crippen molar-refractivity contribution in [2.24, 2.45) is 0 Å². The third kappa shape index (κ3) is 6.75. The highest BCUT2D eigenvalue weighted by Crippen LogP contribution is 2.16. The van der Waals surface area contributed by atoms with E-state index in [-0.39, 0.29) is 11.6 Å². The summed E-state index contributed by atoms with van der Waals surface area (Å²) in [6.07, 6.45) is 0. The Kier molecular flexibility index (Phi) is 8.04. The molecule has 0 fully saturated rings. The number of anilines is 1. The maximum Gasteiger partial charge on any atom is 0.271 e. The van der Waals surface area contributed by atoms with E-state index < -0.39 is 0 Å². The first-order valence-electron chi connectivity index (χ1n) is 6.95. The van der Waals surface area contributed by atoms with Gasteiger partial charge in [0, 0.05) is 19.6 Å². The number of likely N-dealkylation sites (N-methyl/N-ethyl adjacent to an activating group) is 1. The van der Waals surface area contributed by atoms with Gasteiger partial charge in [-0.1, -0.05) is 11.6 Å². The number of hydrogen-bond acceptors (Lipinski definition) is 5. The van der Waals surface area contributed by atoms with E-state index in [4.69, 9.17) is 16.3 Å². The molecule has 1 heterocycles. The van der Waals surface area contributed by atoms with Crippen LogP contribution in [0.3, 0.4) is 0 Å². The molecule has 1 amide bonds. The van der Waals surface area contributed by atoms with Gasteiger partial charge in [0.15, 0.2) is 0 Å². The van der Waals surface area contributed by atoms with Crippen molar-refractivity contribution in [2.75, 3.05) is 52.3 Å². The molecule has 0 spiro atoms. The Morgan fingerprint density at radius 2 is 2.14 bits per heavy atom. The molecule has 7 heteroatoms. The minimum atomic E-state index is -0.295. The van der Waals surface area contributed by atoms with Crippen molar-refractivity contribution in [2.45, 2.75) is 6.92 Å². The van der Waals surface area contributed by atoms with Crippen LogP contribution in [0.25, 0.3) is 0 Å². The summed E-state index contributed by atoms with van der Waals surface area (Å²) in [5.74, 6) is 0.338. The standard InChI is InChI=1S/C14H23ClN4O2/c1-4-16-12-6-5-11(15)13(18-12)14(20)17-7-9-21-10-8-19(2)3/h5-6H,4,7-10H2,1-3H3,(H,16,18)(H,17,20). The van der Waals surface area contributed by atoms with Gasteiger partial charge in [-0.25, -0.2) is 4.98 Å². The summed E-state index contributed by atoms with van der Waals surface area (Å²) in [5, 5.41) is 6.13. The maximum atomic E-state index is 12.0. The maximum absolute atomic E-state index is 12.0. The highest BCUT2D eigenvalue weighted by atomic mass is 35.5. The lowest BCUT2D eigenvalue weighted by molar-refractivity contribution is 0.0896. The van der Waals surface area contributed by atoms with Crippen LogP contribution in [0.5, 0.6) is 0 Å². The first-order valence-corrected chi connectivity index (χ1v) is 7.33. The average Bonchev–Trinajstić information content (AvgIpc) is 2.44. The van der Waals surface area contributed by atoms with Crippen LogP contribution in [0.2, 0.25) is 5.02 Å². The van der Waals surface area contributed by atoms with Crippen LogP contribution < -0.4 is 10.6 Å². The molecule has 21 heavy (non-hydrogen) atoms. The summed E-state index contributed by atoms with van der Waals surface area (Å²) in [6, 6.07) is 3.40.